The number of nitrogens with zero attached hydrogens (tertiary/aromatic N) is 2. The number of hydrogen-bond acceptors (Lipinski definition) is 7. The molecule has 1 saturated heterocycles. The smallest absolute Gasteiger partial charge is 0.323 e. The number of aliphatic carboxylic acids is 1. The summed E-state index contributed by atoms with van der Waals surface area (Å²) < 4.78 is 28.3. The molecule has 2 heterocycles. The first kappa shape index (κ1) is 18.4. The summed E-state index contributed by atoms with van der Waals surface area (Å²) in [6, 6.07) is 0.532. The van der Waals surface area contributed by atoms with Gasteiger partial charge >= 0.3 is 12.0 Å². The van der Waals surface area contributed by atoms with Crippen LogP contribution >= 0.6 is 0 Å². The second-order valence-corrected chi connectivity index (χ2v) is 7.52. The molecule has 1 aromatic rings. The van der Waals surface area contributed by atoms with Gasteiger partial charge in [0.25, 0.3) is 5.91 Å². The number of nitrogens with two attached hydrogens (primary N) is 1. The normalized spacial score (nSPS) is 19.1. The number of carbonyl (C=O) groups is 3. The van der Waals surface area contributed by atoms with Gasteiger partial charge in [-0.05, 0) is 6.07 Å². The Morgan fingerprint density at radius 3 is 2.68 bits per heavy atom. The van der Waals surface area contributed by atoms with Gasteiger partial charge in [0.05, 0.1) is 24.7 Å². The molecule has 0 aromatic carbocycles. The molecule has 1 atom stereocenters. The third kappa shape index (κ3) is 3.96. The van der Waals surface area contributed by atoms with E-state index in [0.717, 1.165) is 4.90 Å². The van der Waals surface area contributed by atoms with E-state index in [1.54, 1.807) is 0 Å². The number of nitrogens with one attached hydrogen (secondary N) is 1. The number of aromatic nitrogens is 1. The van der Waals surface area contributed by atoms with Crippen LogP contribution in [0.2, 0.25) is 0 Å². The Hall–Kier alpha value is -2.89. The summed E-state index contributed by atoms with van der Waals surface area (Å²) in [7, 11) is -2.50. The average molecular weight is 372 g/mol. The van der Waals surface area contributed by atoms with Gasteiger partial charge < -0.3 is 25.8 Å². The lowest BCUT2D eigenvalue weighted by Gasteiger charge is -2.30. The van der Waals surface area contributed by atoms with Gasteiger partial charge in [-0.1, -0.05) is 0 Å². The number of hydrogen-bond donors (Lipinski definition) is 3. The molecule has 11 nitrogen and oxygen atoms in total. The second kappa shape index (κ2) is 6.93. The van der Waals surface area contributed by atoms with E-state index in [-0.39, 0.29) is 23.7 Å². The lowest BCUT2D eigenvalue weighted by molar-refractivity contribution is -0.136. The van der Waals surface area contributed by atoms with Crippen molar-refractivity contribution >= 4 is 33.4 Å². The highest BCUT2D eigenvalue weighted by Gasteiger charge is 2.39. The van der Waals surface area contributed by atoms with Crippen LogP contribution in [-0.4, -0.2) is 72.5 Å². The van der Waals surface area contributed by atoms with E-state index in [2.05, 4.69) is 10.3 Å². The molecule has 1 aliphatic heterocycles. The Labute approximate surface area is 142 Å². The summed E-state index contributed by atoms with van der Waals surface area (Å²) in [5, 5.41) is 9.75. The predicted octanol–water partition coefficient (Wildman–Crippen LogP) is -1.10. The van der Waals surface area contributed by atoms with Gasteiger partial charge in [0.2, 0.25) is 5.88 Å². The van der Waals surface area contributed by atoms with Crippen molar-refractivity contribution in [1.82, 2.24) is 9.88 Å². The summed E-state index contributed by atoms with van der Waals surface area (Å²) in [6.45, 7) is -0.625. The van der Waals surface area contributed by atoms with Crippen LogP contribution in [0.15, 0.2) is 12.3 Å². The molecule has 1 fully saturated rings. The highest BCUT2D eigenvalue weighted by molar-refractivity contribution is 7.92. The number of pyridine rings is 1. The Morgan fingerprint density at radius 2 is 2.12 bits per heavy atom. The summed E-state index contributed by atoms with van der Waals surface area (Å²) in [4.78, 5) is 39.6. The maximum Gasteiger partial charge on any atom is 0.323 e. The first-order chi connectivity index (χ1) is 11.7. The number of carbonyl (C=O) groups excluding carboxylic acids is 2. The highest BCUT2D eigenvalue weighted by Crippen LogP contribution is 2.20. The van der Waals surface area contributed by atoms with Gasteiger partial charge in [-0.2, -0.15) is 0 Å². The average Bonchev–Trinajstić information content (AvgIpc) is 2.53. The molecule has 3 amide bonds. The largest absolute Gasteiger partial charge is 0.480 e. The number of sulfone groups is 1. The van der Waals surface area contributed by atoms with Crippen LogP contribution in [0.1, 0.15) is 10.4 Å². The molecule has 0 bridgehead atoms. The minimum atomic E-state index is -3.80. The van der Waals surface area contributed by atoms with Crippen LogP contribution in [0.25, 0.3) is 0 Å². The van der Waals surface area contributed by atoms with Crippen molar-refractivity contribution in [1.29, 1.82) is 0 Å². The van der Waals surface area contributed by atoms with E-state index in [4.69, 9.17) is 15.6 Å². The third-order valence-electron chi connectivity index (χ3n) is 3.59. The standard InChI is InChI=1S/C13H16N4O7S/c1-24-11-8(10(14)18)4-7(5-15-11)16-13(21)17-2-3-25(22,23)9(6-17)12(19)20/h4-5,9H,2-3,6H2,1H3,(H2,14,18)(H,16,21)(H,19,20). The van der Waals surface area contributed by atoms with Crippen LogP contribution in [-0.2, 0) is 14.6 Å². The number of rotatable bonds is 4. The fourth-order valence-corrected chi connectivity index (χ4v) is 3.74. The monoisotopic (exact) mass is 372 g/mol. The van der Waals surface area contributed by atoms with Crippen molar-refractivity contribution in [2.75, 3.05) is 31.3 Å². The summed E-state index contributed by atoms with van der Waals surface area (Å²) in [5.41, 5.74) is 5.27. The lowest BCUT2D eigenvalue weighted by Crippen LogP contribution is -2.53. The van der Waals surface area contributed by atoms with Crippen LogP contribution in [0.3, 0.4) is 0 Å². The molecule has 0 aliphatic carbocycles. The molecule has 12 heteroatoms. The molecule has 4 N–H and O–H groups in total. The summed E-state index contributed by atoms with van der Waals surface area (Å²) >= 11 is 0. The molecular formula is C13H16N4O7S. The molecule has 1 aromatic heterocycles. The zero-order valence-corrected chi connectivity index (χ0v) is 13.9. The molecule has 0 radical (unpaired) electrons. The van der Waals surface area contributed by atoms with Gasteiger partial charge in [0.15, 0.2) is 15.1 Å². The SMILES string of the molecule is COc1ncc(NC(=O)N2CCS(=O)(=O)C(C(=O)O)C2)cc1C(N)=O. The van der Waals surface area contributed by atoms with E-state index >= 15 is 0 Å². The zero-order valence-electron chi connectivity index (χ0n) is 13.1. The first-order valence-electron chi connectivity index (χ1n) is 7.00. The predicted molar refractivity (Wildman–Crippen MR) is 85.1 cm³/mol. The van der Waals surface area contributed by atoms with Crippen LogP contribution < -0.4 is 15.8 Å². The van der Waals surface area contributed by atoms with E-state index in [9.17, 15) is 22.8 Å². The fraction of sp³-hybridized carbons (Fsp3) is 0.385. The number of anilines is 1. The molecule has 1 aliphatic rings. The quantitative estimate of drug-likeness (QED) is 0.598. The molecule has 2 rings (SSSR count). The minimum Gasteiger partial charge on any atom is -0.480 e. The van der Waals surface area contributed by atoms with Gasteiger partial charge in [0, 0.05) is 13.1 Å². The molecule has 1 unspecified atom stereocenters. The molecule has 0 saturated carbocycles. The Balaban J connectivity index is 2.16. The van der Waals surface area contributed by atoms with Crippen molar-refractivity contribution in [2.45, 2.75) is 5.25 Å². The molecule has 25 heavy (non-hydrogen) atoms. The van der Waals surface area contributed by atoms with E-state index in [1.165, 1.54) is 19.4 Å². The van der Waals surface area contributed by atoms with Gasteiger partial charge in [-0.25, -0.2) is 18.2 Å². The third-order valence-corrected chi connectivity index (χ3v) is 5.56. The topological polar surface area (TPSA) is 169 Å². The Bertz CT molecular complexity index is 824. The number of methoxy groups -OCH3 is 1. The van der Waals surface area contributed by atoms with Crippen LogP contribution in [0.4, 0.5) is 10.5 Å². The lowest BCUT2D eigenvalue weighted by atomic mass is 10.2. The number of primary amides is 1. The van der Waals surface area contributed by atoms with E-state index in [0.29, 0.717) is 0 Å². The van der Waals surface area contributed by atoms with Crippen molar-refractivity contribution in [3.8, 4) is 5.88 Å². The van der Waals surface area contributed by atoms with Crippen molar-refractivity contribution in [2.24, 2.45) is 5.73 Å². The highest BCUT2D eigenvalue weighted by atomic mass is 32.2. The van der Waals surface area contributed by atoms with Crippen LogP contribution in [0, 0.1) is 0 Å². The maximum absolute atomic E-state index is 12.2. The maximum atomic E-state index is 12.2. The number of carboxylic acid groups (broad SMARTS) is 1. The van der Waals surface area contributed by atoms with E-state index < -0.39 is 45.3 Å². The van der Waals surface area contributed by atoms with E-state index in [1.807, 2.05) is 0 Å². The summed E-state index contributed by atoms with van der Waals surface area (Å²) in [6.07, 6.45) is 1.22. The van der Waals surface area contributed by atoms with Gasteiger partial charge in [-0.15, -0.1) is 0 Å². The Morgan fingerprint density at radius 1 is 1.44 bits per heavy atom. The van der Waals surface area contributed by atoms with Gasteiger partial charge in [0.1, 0.15) is 5.56 Å². The van der Waals surface area contributed by atoms with Gasteiger partial charge in [-0.3, -0.25) is 9.59 Å². The van der Waals surface area contributed by atoms with Crippen molar-refractivity contribution < 1.29 is 32.6 Å². The molecular weight excluding hydrogens is 356 g/mol. The number of urea groups is 1. The first-order valence-corrected chi connectivity index (χ1v) is 8.71. The van der Waals surface area contributed by atoms with Crippen molar-refractivity contribution in [3.05, 3.63) is 17.8 Å². The molecule has 0 spiro atoms. The van der Waals surface area contributed by atoms with Crippen LogP contribution in [0.5, 0.6) is 5.88 Å². The number of amides is 3. The zero-order chi connectivity index (χ0) is 18.8. The van der Waals surface area contributed by atoms with Crippen molar-refractivity contribution in [3.63, 3.8) is 0 Å². The number of ether oxygens (including phenoxy) is 1. The number of carboxylic acids is 1. The summed E-state index contributed by atoms with van der Waals surface area (Å²) in [5.74, 6) is -2.79. The molecule has 136 valence electrons. The Kier molecular flexibility index (Phi) is 5.11. The minimum absolute atomic E-state index is 0.0134. The fourth-order valence-electron chi connectivity index (χ4n) is 2.26. The second-order valence-electron chi connectivity index (χ2n) is 5.22.